The molecule has 1 saturated heterocycles. The average Bonchev–Trinajstić information content (AvgIpc) is 3.03. The Balaban J connectivity index is 0.00000182. The van der Waals surface area contributed by atoms with Crippen molar-refractivity contribution < 1.29 is 9.90 Å². The van der Waals surface area contributed by atoms with Crippen LogP contribution in [0.3, 0.4) is 0 Å². The second-order valence-corrected chi connectivity index (χ2v) is 8.12. The summed E-state index contributed by atoms with van der Waals surface area (Å²) in [6.07, 6.45) is 4.00. The first-order chi connectivity index (χ1) is 11.6. The van der Waals surface area contributed by atoms with Gasteiger partial charge in [0.2, 0.25) is 0 Å². The molecule has 3 unspecified atom stereocenters. The van der Waals surface area contributed by atoms with Gasteiger partial charge in [0.05, 0.1) is 0 Å². The average molecular weight is 385 g/mol. The molecule has 0 aromatic heterocycles. The summed E-state index contributed by atoms with van der Waals surface area (Å²) in [5, 5.41) is 14.4. The van der Waals surface area contributed by atoms with Crippen LogP contribution in [0, 0.1) is 23.7 Å². The molecule has 2 aliphatic carbocycles. The van der Waals surface area contributed by atoms with E-state index in [4.69, 9.17) is 11.8 Å². The van der Waals surface area contributed by atoms with E-state index in [1.54, 1.807) is 0 Å². The summed E-state index contributed by atoms with van der Waals surface area (Å²) in [5.74, 6) is 1.52. The zero-order valence-electron chi connectivity index (χ0n) is 14.2. The SMILES string of the molecule is Cl.O=C(NCC1C2CN(Cl)CC12)C(O)(c1ccccc1)C1CCCC1. The first-order valence-electron chi connectivity index (χ1n) is 9.07. The highest BCUT2D eigenvalue weighted by molar-refractivity contribution is 6.13. The van der Waals surface area contributed by atoms with E-state index in [9.17, 15) is 9.90 Å². The molecule has 1 aliphatic heterocycles. The number of amides is 1. The van der Waals surface area contributed by atoms with Crippen LogP contribution in [0.5, 0.6) is 0 Å². The molecule has 1 heterocycles. The van der Waals surface area contributed by atoms with E-state index in [-0.39, 0.29) is 24.2 Å². The van der Waals surface area contributed by atoms with E-state index in [1.807, 2.05) is 34.8 Å². The largest absolute Gasteiger partial charge is 0.375 e. The van der Waals surface area contributed by atoms with E-state index >= 15 is 0 Å². The van der Waals surface area contributed by atoms with Gasteiger partial charge in [-0.25, -0.2) is 4.42 Å². The number of halogens is 2. The molecule has 1 aromatic rings. The summed E-state index contributed by atoms with van der Waals surface area (Å²) in [4.78, 5) is 13.0. The predicted octanol–water partition coefficient (Wildman–Crippen LogP) is 2.93. The number of nitrogens with one attached hydrogen (secondary N) is 1. The van der Waals surface area contributed by atoms with Crippen molar-refractivity contribution in [1.82, 2.24) is 9.74 Å². The Morgan fingerprint density at radius 3 is 2.40 bits per heavy atom. The molecular weight excluding hydrogens is 359 g/mol. The fourth-order valence-corrected chi connectivity index (χ4v) is 5.15. The second-order valence-electron chi connectivity index (χ2n) is 7.64. The molecule has 3 aliphatic rings. The molecule has 0 radical (unpaired) electrons. The van der Waals surface area contributed by atoms with Crippen molar-refractivity contribution in [3.05, 3.63) is 35.9 Å². The van der Waals surface area contributed by atoms with Crippen molar-refractivity contribution in [3.63, 3.8) is 0 Å². The Hall–Kier alpha value is -0.810. The van der Waals surface area contributed by atoms with Crippen LogP contribution >= 0.6 is 24.2 Å². The van der Waals surface area contributed by atoms with E-state index in [0.717, 1.165) is 44.3 Å². The predicted molar refractivity (Wildman–Crippen MR) is 100 cm³/mol. The summed E-state index contributed by atoms with van der Waals surface area (Å²) >= 11 is 6.01. The van der Waals surface area contributed by atoms with Gasteiger partial charge in [-0.3, -0.25) is 4.79 Å². The molecule has 3 atom stereocenters. The maximum Gasteiger partial charge on any atom is 0.256 e. The summed E-state index contributed by atoms with van der Waals surface area (Å²) < 4.78 is 1.84. The lowest BCUT2D eigenvalue weighted by Gasteiger charge is -2.33. The van der Waals surface area contributed by atoms with Crippen LogP contribution in [0.1, 0.15) is 31.2 Å². The lowest BCUT2D eigenvalue weighted by molar-refractivity contribution is -0.147. The van der Waals surface area contributed by atoms with Gasteiger partial charge in [-0.05, 0) is 47.9 Å². The normalized spacial score (nSPS) is 31.0. The molecule has 1 amide bonds. The third-order valence-electron chi connectivity index (χ3n) is 6.33. The Morgan fingerprint density at radius 2 is 1.80 bits per heavy atom. The standard InChI is InChI=1S/C19H25ClN2O2.ClH/c20-22-11-16-15(17(16)12-22)10-21-18(23)19(24,14-8-4-5-9-14)13-6-2-1-3-7-13;/h1-3,6-7,14-17,24H,4-5,8-12H2,(H,21,23);1H. The number of fused-ring (bicyclic) bond motifs is 1. The van der Waals surface area contributed by atoms with Gasteiger partial charge in [0.1, 0.15) is 0 Å². The summed E-state index contributed by atoms with van der Waals surface area (Å²) in [7, 11) is 0. The maximum atomic E-state index is 13.0. The Labute approximate surface area is 160 Å². The van der Waals surface area contributed by atoms with Crippen molar-refractivity contribution >= 4 is 30.1 Å². The van der Waals surface area contributed by atoms with Gasteiger partial charge in [0.15, 0.2) is 5.60 Å². The Bertz CT molecular complexity index is 597. The number of aliphatic hydroxyl groups is 1. The molecule has 25 heavy (non-hydrogen) atoms. The van der Waals surface area contributed by atoms with Gasteiger partial charge in [0.25, 0.3) is 5.91 Å². The van der Waals surface area contributed by atoms with Crippen LogP contribution < -0.4 is 5.32 Å². The highest BCUT2D eigenvalue weighted by Crippen LogP contribution is 2.51. The van der Waals surface area contributed by atoms with Gasteiger partial charge in [0, 0.05) is 25.6 Å². The molecule has 4 rings (SSSR count). The molecule has 0 spiro atoms. The van der Waals surface area contributed by atoms with Crippen LogP contribution in [0.4, 0.5) is 0 Å². The fraction of sp³-hybridized carbons (Fsp3) is 0.632. The molecule has 1 aromatic carbocycles. The number of carbonyl (C=O) groups is 1. The van der Waals surface area contributed by atoms with Crippen LogP contribution in [0.2, 0.25) is 0 Å². The van der Waals surface area contributed by atoms with E-state index in [0.29, 0.717) is 24.3 Å². The Kier molecular flexibility index (Phi) is 5.64. The number of piperidine rings is 1. The minimum absolute atomic E-state index is 0. The third-order valence-corrected chi connectivity index (χ3v) is 6.61. The lowest BCUT2D eigenvalue weighted by atomic mass is 9.79. The van der Waals surface area contributed by atoms with Gasteiger partial charge in [-0.15, -0.1) is 12.4 Å². The quantitative estimate of drug-likeness (QED) is 0.767. The van der Waals surface area contributed by atoms with Crippen LogP contribution in [-0.2, 0) is 10.4 Å². The van der Waals surface area contributed by atoms with E-state index < -0.39 is 5.60 Å². The number of benzene rings is 1. The summed E-state index contributed by atoms with van der Waals surface area (Å²) in [6.45, 7) is 2.48. The molecule has 6 heteroatoms. The highest BCUT2D eigenvalue weighted by Gasteiger charge is 2.55. The fourth-order valence-electron chi connectivity index (χ4n) is 4.83. The van der Waals surface area contributed by atoms with Gasteiger partial charge in [-0.2, -0.15) is 0 Å². The first kappa shape index (κ1) is 19.0. The summed E-state index contributed by atoms with van der Waals surface area (Å²) in [6, 6.07) is 9.44. The van der Waals surface area contributed by atoms with Gasteiger partial charge >= 0.3 is 0 Å². The first-order valence-corrected chi connectivity index (χ1v) is 9.41. The van der Waals surface area contributed by atoms with E-state index in [2.05, 4.69) is 5.32 Å². The molecule has 2 saturated carbocycles. The van der Waals surface area contributed by atoms with Crippen molar-refractivity contribution in [3.8, 4) is 0 Å². The van der Waals surface area contributed by atoms with E-state index in [1.165, 1.54) is 0 Å². The van der Waals surface area contributed by atoms with Crippen molar-refractivity contribution in [2.24, 2.45) is 23.7 Å². The van der Waals surface area contributed by atoms with Crippen molar-refractivity contribution in [1.29, 1.82) is 0 Å². The van der Waals surface area contributed by atoms with Gasteiger partial charge in [-0.1, -0.05) is 43.2 Å². The number of hydrogen-bond acceptors (Lipinski definition) is 3. The van der Waals surface area contributed by atoms with Crippen LogP contribution in [0.25, 0.3) is 0 Å². The number of nitrogens with zero attached hydrogens (tertiary/aromatic N) is 1. The second kappa shape index (κ2) is 7.43. The third kappa shape index (κ3) is 3.42. The van der Waals surface area contributed by atoms with Crippen LogP contribution in [0.15, 0.2) is 30.3 Å². The molecule has 3 fully saturated rings. The minimum Gasteiger partial charge on any atom is -0.375 e. The lowest BCUT2D eigenvalue weighted by Crippen LogP contribution is -2.49. The Morgan fingerprint density at radius 1 is 1.20 bits per heavy atom. The highest BCUT2D eigenvalue weighted by atomic mass is 35.5. The number of rotatable bonds is 5. The molecule has 138 valence electrons. The molecule has 0 bridgehead atoms. The smallest absolute Gasteiger partial charge is 0.256 e. The van der Waals surface area contributed by atoms with Crippen LogP contribution in [-0.4, -0.2) is 35.1 Å². The monoisotopic (exact) mass is 384 g/mol. The number of carbonyl (C=O) groups excluding carboxylic acids is 1. The molecule has 4 nitrogen and oxygen atoms in total. The molecular formula is C19H26Cl2N2O2. The van der Waals surface area contributed by atoms with Crippen molar-refractivity contribution in [2.75, 3.05) is 19.6 Å². The van der Waals surface area contributed by atoms with Gasteiger partial charge < -0.3 is 10.4 Å². The maximum absolute atomic E-state index is 13.0. The zero-order valence-corrected chi connectivity index (χ0v) is 15.8. The number of hydrogen-bond donors (Lipinski definition) is 2. The van der Waals surface area contributed by atoms with Crippen molar-refractivity contribution in [2.45, 2.75) is 31.3 Å². The summed E-state index contributed by atoms with van der Waals surface area (Å²) in [5.41, 5.74) is -0.683. The topological polar surface area (TPSA) is 52.6 Å². The minimum atomic E-state index is -1.40. The molecule has 2 N–H and O–H groups in total. The zero-order chi connectivity index (χ0) is 16.7.